The van der Waals surface area contributed by atoms with E-state index in [1.807, 2.05) is 19.1 Å². The minimum absolute atomic E-state index is 0.0237. The second kappa shape index (κ2) is 6.54. The SMILES string of the molecule is CC(OCCO)OCCn1ccc2ccccc21. The molecule has 0 saturated heterocycles. The Balaban J connectivity index is 1.83. The van der Waals surface area contributed by atoms with E-state index in [1.165, 1.54) is 10.9 Å². The molecule has 2 rings (SSSR count). The number of aromatic nitrogens is 1. The van der Waals surface area contributed by atoms with Crippen molar-refractivity contribution in [2.75, 3.05) is 19.8 Å². The number of aliphatic hydroxyl groups is 1. The first-order valence-corrected chi connectivity index (χ1v) is 6.19. The van der Waals surface area contributed by atoms with Crippen molar-refractivity contribution >= 4 is 10.9 Å². The lowest BCUT2D eigenvalue weighted by molar-refractivity contribution is -0.137. The molecule has 0 spiro atoms. The third-order valence-electron chi connectivity index (χ3n) is 2.81. The summed E-state index contributed by atoms with van der Waals surface area (Å²) in [6.45, 7) is 3.55. The Hall–Kier alpha value is -1.36. The Labute approximate surface area is 107 Å². The molecule has 1 N–H and O–H groups in total. The second-order valence-corrected chi connectivity index (χ2v) is 4.10. The van der Waals surface area contributed by atoms with Crippen LogP contribution in [0, 0.1) is 0 Å². The summed E-state index contributed by atoms with van der Waals surface area (Å²) in [6, 6.07) is 10.4. The van der Waals surface area contributed by atoms with Gasteiger partial charge in [-0.25, -0.2) is 0 Å². The maximum atomic E-state index is 8.62. The first-order valence-electron chi connectivity index (χ1n) is 6.19. The van der Waals surface area contributed by atoms with E-state index in [0.717, 1.165) is 6.54 Å². The molecule has 0 amide bonds. The third kappa shape index (κ3) is 3.32. The fourth-order valence-electron chi connectivity index (χ4n) is 1.92. The zero-order chi connectivity index (χ0) is 12.8. The molecule has 1 heterocycles. The van der Waals surface area contributed by atoms with Crippen molar-refractivity contribution in [3.8, 4) is 0 Å². The molecule has 0 fully saturated rings. The summed E-state index contributed by atoms with van der Waals surface area (Å²) in [7, 11) is 0. The zero-order valence-corrected chi connectivity index (χ0v) is 10.6. The van der Waals surface area contributed by atoms with Gasteiger partial charge < -0.3 is 19.1 Å². The molecular weight excluding hydrogens is 230 g/mol. The van der Waals surface area contributed by atoms with Crippen molar-refractivity contribution in [3.05, 3.63) is 36.5 Å². The highest BCUT2D eigenvalue weighted by Crippen LogP contribution is 2.14. The van der Waals surface area contributed by atoms with Crippen LogP contribution in [-0.2, 0) is 16.0 Å². The molecule has 1 unspecified atom stereocenters. The van der Waals surface area contributed by atoms with Crippen LogP contribution in [0.1, 0.15) is 6.92 Å². The Morgan fingerprint density at radius 1 is 1.17 bits per heavy atom. The number of hydrogen-bond acceptors (Lipinski definition) is 3. The van der Waals surface area contributed by atoms with E-state index in [1.54, 1.807) is 0 Å². The van der Waals surface area contributed by atoms with Gasteiger partial charge in [-0.3, -0.25) is 0 Å². The zero-order valence-electron chi connectivity index (χ0n) is 10.6. The van der Waals surface area contributed by atoms with Gasteiger partial charge in [-0.15, -0.1) is 0 Å². The Morgan fingerprint density at radius 2 is 1.94 bits per heavy atom. The number of aliphatic hydroxyl groups excluding tert-OH is 1. The number of benzene rings is 1. The first kappa shape index (κ1) is 13.1. The maximum absolute atomic E-state index is 8.62. The first-order chi connectivity index (χ1) is 8.81. The predicted octanol–water partition coefficient (Wildman–Crippen LogP) is 2.01. The number of rotatable bonds is 7. The molecule has 0 aliphatic carbocycles. The van der Waals surface area contributed by atoms with Crippen molar-refractivity contribution in [2.24, 2.45) is 0 Å². The molecule has 1 aromatic carbocycles. The van der Waals surface area contributed by atoms with E-state index in [0.29, 0.717) is 13.2 Å². The summed E-state index contributed by atoms with van der Waals surface area (Å²) in [5, 5.41) is 9.86. The lowest BCUT2D eigenvalue weighted by Crippen LogP contribution is -2.18. The van der Waals surface area contributed by atoms with Gasteiger partial charge in [0.15, 0.2) is 6.29 Å². The molecule has 98 valence electrons. The van der Waals surface area contributed by atoms with E-state index in [-0.39, 0.29) is 12.9 Å². The highest BCUT2D eigenvalue weighted by Gasteiger charge is 2.03. The molecule has 0 aliphatic heterocycles. The molecule has 18 heavy (non-hydrogen) atoms. The minimum atomic E-state index is -0.279. The summed E-state index contributed by atoms with van der Waals surface area (Å²) in [5.41, 5.74) is 1.21. The van der Waals surface area contributed by atoms with Gasteiger partial charge >= 0.3 is 0 Å². The van der Waals surface area contributed by atoms with Crippen molar-refractivity contribution < 1.29 is 14.6 Å². The van der Waals surface area contributed by atoms with Crippen molar-refractivity contribution in [3.63, 3.8) is 0 Å². The van der Waals surface area contributed by atoms with Gasteiger partial charge in [-0.1, -0.05) is 18.2 Å². The lowest BCUT2D eigenvalue weighted by Gasteiger charge is -2.14. The van der Waals surface area contributed by atoms with Gasteiger partial charge in [0.1, 0.15) is 0 Å². The highest BCUT2D eigenvalue weighted by atomic mass is 16.7. The van der Waals surface area contributed by atoms with Crippen LogP contribution in [0.15, 0.2) is 36.5 Å². The standard InChI is InChI=1S/C14H19NO3/c1-12(18-11-9-16)17-10-8-15-7-6-13-4-2-3-5-14(13)15/h2-7,12,16H,8-11H2,1H3. The molecule has 4 nitrogen and oxygen atoms in total. The highest BCUT2D eigenvalue weighted by molar-refractivity contribution is 5.79. The van der Waals surface area contributed by atoms with Crippen molar-refractivity contribution in [2.45, 2.75) is 19.8 Å². The number of nitrogens with zero attached hydrogens (tertiary/aromatic N) is 1. The monoisotopic (exact) mass is 249 g/mol. The molecule has 0 bridgehead atoms. The molecule has 0 aliphatic rings. The Morgan fingerprint density at radius 3 is 2.78 bits per heavy atom. The topological polar surface area (TPSA) is 43.6 Å². The summed E-state index contributed by atoms with van der Waals surface area (Å²) in [6.07, 6.45) is 1.78. The summed E-state index contributed by atoms with van der Waals surface area (Å²) < 4.78 is 12.9. The Kier molecular flexibility index (Phi) is 4.75. The van der Waals surface area contributed by atoms with Crippen LogP contribution >= 0.6 is 0 Å². The summed E-state index contributed by atoms with van der Waals surface area (Å²) in [4.78, 5) is 0. The molecular formula is C14H19NO3. The van der Waals surface area contributed by atoms with Gasteiger partial charge in [-0.05, 0) is 24.4 Å². The molecule has 0 radical (unpaired) electrons. The lowest BCUT2D eigenvalue weighted by atomic mass is 10.2. The quantitative estimate of drug-likeness (QED) is 0.763. The van der Waals surface area contributed by atoms with Crippen molar-refractivity contribution in [1.29, 1.82) is 0 Å². The maximum Gasteiger partial charge on any atom is 0.154 e. The van der Waals surface area contributed by atoms with E-state index in [4.69, 9.17) is 14.6 Å². The number of fused-ring (bicyclic) bond motifs is 1. The van der Waals surface area contributed by atoms with Crippen LogP contribution < -0.4 is 0 Å². The van der Waals surface area contributed by atoms with E-state index >= 15 is 0 Å². The molecule has 0 saturated carbocycles. The normalized spacial score (nSPS) is 13.0. The van der Waals surface area contributed by atoms with Crippen LogP contribution in [0.3, 0.4) is 0 Å². The van der Waals surface area contributed by atoms with Gasteiger partial charge in [0.2, 0.25) is 0 Å². The van der Waals surface area contributed by atoms with Gasteiger partial charge in [0.05, 0.1) is 19.8 Å². The number of hydrogen-bond donors (Lipinski definition) is 1. The Bertz CT molecular complexity index is 481. The summed E-state index contributed by atoms with van der Waals surface area (Å²) in [5.74, 6) is 0. The fourth-order valence-corrected chi connectivity index (χ4v) is 1.92. The predicted molar refractivity (Wildman–Crippen MR) is 70.4 cm³/mol. The van der Waals surface area contributed by atoms with Crippen LogP contribution in [0.25, 0.3) is 10.9 Å². The molecule has 4 heteroatoms. The van der Waals surface area contributed by atoms with Crippen LogP contribution in [0.5, 0.6) is 0 Å². The van der Waals surface area contributed by atoms with Gasteiger partial charge in [0.25, 0.3) is 0 Å². The van der Waals surface area contributed by atoms with Gasteiger partial charge in [0, 0.05) is 18.3 Å². The molecule has 2 aromatic rings. The van der Waals surface area contributed by atoms with Crippen LogP contribution in [-0.4, -0.2) is 35.8 Å². The average Bonchev–Trinajstić information content (AvgIpc) is 2.80. The van der Waals surface area contributed by atoms with Crippen LogP contribution in [0.4, 0.5) is 0 Å². The van der Waals surface area contributed by atoms with E-state index in [2.05, 4.69) is 29.0 Å². The summed E-state index contributed by atoms with van der Waals surface area (Å²) >= 11 is 0. The van der Waals surface area contributed by atoms with Crippen molar-refractivity contribution in [1.82, 2.24) is 4.57 Å². The largest absolute Gasteiger partial charge is 0.394 e. The molecule has 1 aromatic heterocycles. The van der Waals surface area contributed by atoms with Gasteiger partial charge in [-0.2, -0.15) is 0 Å². The smallest absolute Gasteiger partial charge is 0.154 e. The third-order valence-corrected chi connectivity index (χ3v) is 2.81. The number of para-hydroxylation sites is 1. The second-order valence-electron chi connectivity index (χ2n) is 4.10. The minimum Gasteiger partial charge on any atom is -0.394 e. The molecule has 1 atom stereocenters. The van der Waals surface area contributed by atoms with E-state index < -0.39 is 0 Å². The average molecular weight is 249 g/mol. The van der Waals surface area contributed by atoms with E-state index in [9.17, 15) is 0 Å². The fraction of sp³-hybridized carbons (Fsp3) is 0.429. The van der Waals surface area contributed by atoms with Crippen LogP contribution in [0.2, 0.25) is 0 Å². The number of ether oxygens (including phenoxy) is 2.